The molecule has 2 N–H and O–H groups in total. The Bertz CT molecular complexity index is 2090. The molecule has 1 amide bonds. The number of rotatable bonds is 16. The first-order chi connectivity index (χ1) is 24.7. The van der Waals surface area contributed by atoms with Gasteiger partial charge in [-0.3, -0.25) is 14.3 Å². The van der Waals surface area contributed by atoms with Crippen LogP contribution in [0.15, 0.2) is 73.3 Å². The van der Waals surface area contributed by atoms with Crippen LogP contribution in [-0.4, -0.2) is 40.3 Å². The summed E-state index contributed by atoms with van der Waals surface area (Å²) in [6.07, 6.45) is 12.7. The van der Waals surface area contributed by atoms with Crippen molar-refractivity contribution in [3.8, 4) is 17.6 Å². The molecule has 4 heterocycles. The van der Waals surface area contributed by atoms with Crippen LogP contribution >= 0.6 is 0 Å². The third-order valence-electron chi connectivity index (χ3n) is 8.13. The second-order valence-electron chi connectivity index (χ2n) is 11.9. The number of benzene rings is 1. The molecule has 51 heavy (non-hydrogen) atoms. The van der Waals surface area contributed by atoms with Crippen molar-refractivity contribution in [1.29, 1.82) is 0 Å². The van der Waals surface area contributed by atoms with E-state index in [1.54, 1.807) is 49.0 Å². The number of nitro groups is 1. The van der Waals surface area contributed by atoms with Gasteiger partial charge in [0.15, 0.2) is 11.6 Å². The molecule has 14 heteroatoms. The van der Waals surface area contributed by atoms with Crippen molar-refractivity contribution in [2.24, 2.45) is 13.0 Å². The highest BCUT2D eigenvalue weighted by Crippen LogP contribution is 2.28. The Morgan fingerprint density at radius 1 is 1.14 bits per heavy atom. The molecule has 0 aliphatic carbocycles. The zero-order valence-electron chi connectivity index (χ0n) is 28.6. The van der Waals surface area contributed by atoms with Gasteiger partial charge < -0.3 is 25.5 Å². The number of ether oxygens (including phenoxy) is 1. The summed E-state index contributed by atoms with van der Waals surface area (Å²) in [7, 11) is 1.76. The number of hydrogen-bond donors (Lipinski definition) is 2. The molecule has 262 valence electrons. The van der Waals surface area contributed by atoms with Crippen LogP contribution < -0.4 is 15.4 Å². The highest BCUT2D eigenvalue weighted by Gasteiger charge is 2.24. The quantitative estimate of drug-likeness (QED) is 0.0355. The van der Waals surface area contributed by atoms with E-state index in [9.17, 15) is 19.3 Å². The first-order valence-corrected chi connectivity index (χ1v) is 16.5. The molecular weight excluding hydrogens is 653 g/mol. The van der Waals surface area contributed by atoms with Gasteiger partial charge in [-0.15, -0.1) is 0 Å². The smallest absolute Gasteiger partial charge is 0.386 e. The molecule has 5 aromatic rings. The van der Waals surface area contributed by atoms with Gasteiger partial charge in [0.05, 0.1) is 17.4 Å². The lowest BCUT2D eigenvalue weighted by molar-refractivity contribution is -0.390. The minimum atomic E-state index is -0.545. The highest BCUT2D eigenvalue weighted by molar-refractivity contribution is 6.00. The number of anilines is 3. The first kappa shape index (κ1) is 36.1. The Morgan fingerprint density at radius 3 is 2.76 bits per heavy atom. The SMILES string of the molecule is CC#Cc1nc([N+](=O)[O-])c(CCC(C)CCCC/C=C/C(=O)Nc2cc3c(Nc4ccc(OCc5ccccn5)c(F)c4)ncnc3cn2)n1C. The molecule has 0 saturated carbocycles. The van der Waals surface area contributed by atoms with E-state index in [4.69, 9.17) is 4.74 Å². The van der Waals surface area contributed by atoms with Crippen molar-refractivity contribution in [2.45, 2.75) is 59.0 Å². The van der Waals surface area contributed by atoms with Crippen molar-refractivity contribution in [3.05, 3.63) is 106 Å². The molecule has 0 fully saturated rings. The van der Waals surface area contributed by atoms with Crippen LogP contribution in [0, 0.1) is 33.7 Å². The van der Waals surface area contributed by atoms with Gasteiger partial charge in [-0.2, -0.15) is 0 Å². The molecule has 0 aliphatic rings. The maximum absolute atomic E-state index is 14.8. The van der Waals surface area contributed by atoms with Crippen LogP contribution in [0.4, 0.5) is 27.5 Å². The van der Waals surface area contributed by atoms with E-state index in [-0.39, 0.29) is 24.1 Å². The summed E-state index contributed by atoms with van der Waals surface area (Å²) >= 11 is 0. The van der Waals surface area contributed by atoms with Crippen molar-refractivity contribution < 1.29 is 18.8 Å². The molecule has 4 aromatic heterocycles. The Balaban J connectivity index is 1.08. The second kappa shape index (κ2) is 17.4. The molecule has 1 atom stereocenters. The van der Waals surface area contributed by atoms with E-state index in [1.165, 1.54) is 30.7 Å². The number of unbranched alkanes of at least 4 members (excludes halogenated alkanes) is 2. The van der Waals surface area contributed by atoms with Gasteiger partial charge in [0.2, 0.25) is 5.91 Å². The Kier molecular flexibility index (Phi) is 12.3. The predicted molar refractivity (Wildman–Crippen MR) is 192 cm³/mol. The van der Waals surface area contributed by atoms with Crippen LogP contribution in [0.2, 0.25) is 0 Å². The zero-order chi connectivity index (χ0) is 36.2. The van der Waals surface area contributed by atoms with Crippen LogP contribution in [-0.2, 0) is 24.9 Å². The molecular formula is C37H38FN9O4. The maximum atomic E-state index is 14.8. The number of pyridine rings is 2. The average Bonchev–Trinajstić information content (AvgIpc) is 3.44. The zero-order valence-corrected chi connectivity index (χ0v) is 28.6. The van der Waals surface area contributed by atoms with Crippen molar-refractivity contribution in [1.82, 2.24) is 29.5 Å². The summed E-state index contributed by atoms with van der Waals surface area (Å²) in [6.45, 7) is 3.95. The fourth-order valence-corrected chi connectivity index (χ4v) is 5.40. The van der Waals surface area contributed by atoms with Crippen molar-refractivity contribution in [2.75, 3.05) is 10.6 Å². The summed E-state index contributed by atoms with van der Waals surface area (Å²) in [5.74, 6) is 6.16. The number of amides is 1. The molecule has 0 aliphatic heterocycles. The van der Waals surface area contributed by atoms with E-state index in [0.29, 0.717) is 57.8 Å². The number of imidazole rings is 1. The van der Waals surface area contributed by atoms with Crippen LogP contribution in [0.1, 0.15) is 63.2 Å². The van der Waals surface area contributed by atoms with Gasteiger partial charge in [0.25, 0.3) is 5.82 Å². The third-order valence-corrected chi connectivity index (χ3v) is 8.13. The van der Waals surface area contributed by atoms with Gasteiger partial charge in [0.1, 0.15) is 30.3 Å². The minimum absolute atomic E-state index is 0.0968. The van der Waals surface area contributed by atoms with Gasteiger partial charge in [-0.05, 0) is 90.8 Å². The topological polar surface area (TPSA) is 163 Å². The number of halogens is 1. The maximum Gasteiger partial charge on any atom is 0.386 e. The minimum Gasteiger partial charge on any atom is -0.484 e. The summed E-state index contributed by atoms with van der Waals surface area (Å²) in [4.78, 5) is 44.8. The van der Waals surface area contributed by atoms with E-state index in [2.05, 4.69) is 54.3 Å². The summed E-state index contributed by atoms with van der Waals surface area (Å²) in [6, 6.07) is 11.6. The monoisotopic (exact) mass is 691 g/mol. The number of carbonyl (C=O) groups excluding carboxylic acids is 1. The van der Waals surface area contributed by atoms with E-state index in [1.807, 2.05) is 12.1 Å². The van der Waals surface area contributed by atoms with Crippen LogP contribution in [0.5, 0.6) is 5.75 Å². The molecule has 0 spiro atoms. The van der Waals surface area contributed by atoms with Crippen molar-refractivity contribution >= 4 is 40.0 Å². The van der Waals surface area contributed by atoms with E-state index in [0.717, 1.165) is 32.1 Å². The molecule has 5 rings (SSSR count). The van der Waals surface area contributed by atoms with Crippen LogP contribution in [0.25, 0.3) is 10.9 Å². The van der Waals surface area contributed by atoms with E-state index < -0.39 is 10.7 Å². The fraction of sp³-hybridized carbons (Fsp3) is 0.297. The normalized spacial score (nSPS) is 11.6. The van der Waals surface area contributed by atoms with Gasteiger partial charge >= 0.3 is 5.82 Å². The Labute approximate surface area is 294 Å². The average molecular weight is 692 g/mol. The Morgan fingerprint density at radius 2 is 2.00 bits per heavy atom. The number of allylic oxidation sites excluding steroid dienone is 1. The molecule has 0 radical (unpaired) electrons. The number of nitrogens with one attached hydrogen (secondary N) is 2. The molecule has 13 nitrogen and oxygen atoms in total. The summed E-state index contributed by atoms with van der Waals surface area (Å²) in [5.41, 5.74) is 2.26. The standard InChI is InChI=1S/C37H38FN9O4/c1-4-11-34-45-37(47(49)50)31(46(34)3)17-15-25(2)12-7-5-6-8-14-35(48)44-33-21-28-30(22-40-33)41-24-42-36(28)43-26-16-18-32(29(38)20-26)51-23-27-13-9-10-19-39-27/h8-10,13-14,16,18-22,24-25H,5-7,12,15,17,23H2,1-3H3,(H,40,44,48)(H,41,42,43)/b14-8+. The Hall–Kier alpha value is -6.23. The number of hydrogen-bond acceptors (Lipinski definition) is 10. The van der Waals surface area contributed by atoms with Crippen molar-refractivity contribution in [3.63, 3.8) is 0 Å². The molecule has 1 unspecified atom stereocenters. The first-order valence-electron chi connectivity index (χ1n) is 16.5. The van der Waals surface area contributed by atoms with Gasteiger partial charge in [-0.25, -0.2) is 19.3 Å². The number of aromatic nitrogens is 6. The molecule has 0 bridgehead atoms. The van der Waals surface area contributed by atoms with Gasteiger partial charge in [-0.1, -0.05) is 37.8 Å². The highest BCUT2D eigenvalue weighted by atomic mass is 19.1. The fourth-order valence-electron chi connectivity index (χ4n) is 5.40. The number of fused-ring (bicyclic) bond motifs is 1. The summed E-state index contributed by atoms with van der Waals surface area (Å²) in [5, 5.41) is 17.9. The third kappa shape index (κ3) is 9.91. The largest absolute Gasteiger partial charge is 0.484 e. The van der Waals surface area contributed by atoms with Crippen LogP contribution in [0.3, 0.4) is 0 Å². The molecule has 1 aromatic carbocycles. The van der Waals surface area contributed by atoms with E-state index >= 15 is 0 Å². The second-order valence-corrected chi connectivity index (χ2v) is 11.9. The number of nitrogens with zero attached hydrogens (tertiary/aromatic N) is 7. The lowest BCUT2D eigenvalue weighted by Gasteiger charge is -2.11. The predicted octanol–water partition coefficient (Wildman–Crippen LogP) is 7.22. The summed E-state index contributed by atoms with van der Waals surface area (Å²) < 4.78 is 22.1. The van der Waals surface area contributed by atoms with Gasteiger partial charge in [0, 0.05) is 30.4 Å². The number of carbonyl (C=O) groups is 1. The molecule has 0 saturated heterocycles. The lowest BCUT2D eigenvalue weighted by atomic mass is 9.97. The lowest BCUT2D eigenvalue weighted by Crippen LogP contribution is -2.09.